The summed E-state index contributed by atoms with van der Waals surface area (Å²) >= 11 is 0. The normalized spacial score (nSPS) is 14.5. The molecule has 5 nitrogen and oxygen atoms in total. The van der Waals surface area contributed by atoms with Gasteiger partial charge in [0.05, 0.1) is 6.54 Å². The Hall–Kier alpha value is -2.19. The Kier molecular flexibility index (Phi) is 3.07. The second-order valence-corrected chi connectivity index (χ2v) is 4.74. The van der Waals surface area contributed by atoms with Gasteiger partial charge in [0.15, 0.2) is 11.5 Å². The summed E-state index contributed by atoms with van der Waals surface area (Å²) in [5, 5.41) is 4.02. The third kappa shape index (κ3) is 2.32. The topological polar surface area (TPSA) is 52.7 Å². The maximum atomic E-state index is 13.9. The molecule has 0 aliphatic carbocycles. The van der Waals surface area contributed by atoms with E-state index in [4.69, 9.17) is 0 Å². The lowest BCUT2D eigenvalue weighted by molar-refractivity contribution is -0.143. The molecule has 2 aromatic rings. The number of rotatable bonds is 2. The quantitative estimate of drug-likeness (QED) is 0.792. The molecule has 0 bridgehead atoms. The fourth-order valence-electron chi connectivity index (χ4n) is 2.36. The first-order chi connectivity index (χ1) is 9.88. The highest BCUT2D eigenvalue weighted by molar-refractivity contribution is 5.21. The third-order valence-electron chi connectivity index (χ3n) is 3.34. The molecule has 0 radical (unpaired) electrons. The molecule has 0 atom stereocenters. The number of nitrogens with zero attached hydrogens (tertiary/aromatic N) is 4. The van der Waals surface area contributed by atoms with Gasteiger partial charge >= 0.3 is 11.9 Å². The molecule has 0 spiro atoms. The first-order valence-electron chi connectivity index (χ1n) is 6.25. The lowest BCUT2D eigenvalue weighted by atomic mass is 10.2. The van der Waals surface area contributed by atoms with Crippen LogP contribution >= 0.6 is 0 Å². The van der Waals surface area contributed by atoms with Crippen molar-refractivity contribution in [1.82, 2.24) is 19.3 Å². The number of halogens is 4. The Labute approximate surface area is 115 Å². The zero-order valence-electron chi connectivity index (χ0n) is 10.7. The lowest BCUT2D eigenvalue weighted by Gasteiger charge is -2.09. The van der Waals surface area contributed by atoms with Crippen LogP contribution in [0, 0.1) is 5.82 Å². The van der Waals surface area contributed by atoms with Gasteiger partial charge in [0.1, 0.15) is 5.82 Å². The summed E-state index contributed by atoms with van der Waals surface area (Å²) in [6.07, 6.45) is -2.56. The van der Waals surface area contributed by atoms with Crippen molar-refractivity contribution in [1.29, 1.82) is 0 Å². The average molecular weight is 302 g/mol. The molecule has 0 saturated heterocycles. The highest BCUT2D eigenvalue weighted by atomic mass is 19.4. The monoisotopic (exact) mass is 302 g/mol. The summed E-state index contributed by atoms with van der Waals surface area (Å²) < 4.78 is 54.0. The predicted molar refractivity (Wildman–Crippen MR) is 63.1 cm³/mol. The molecule has 0 N–H and O–H groups in total. The van der Waals surface area contributed by atoms with Gasteiger partial charge in [0.2, 0.25) is 0 Å². The van der Waals surface area contributed by atoms with E-state index in [0.717, 1.165) is 23.4 Å². The van der Waals surface area contributed by atoms with Crippen LogP contribution in [0.25, 0.3) is 0 Å². The van der Waals surface area contributed by atoms with E-state index in [-0.39, 0.29) is 12.1 Å². The van der Waals surface area contributed by atoms with E-state index < -0.39 is 23.4 Å². The molecule has 1 aliphatic rings. The highest BCUT2D eigenvalue weighted by Gasteiger charge is 2.37. The summed E-state index contributed by atoms with van der Waals surface area (Å²) in [4.78, 5) is 15.0. The minimum atomic E-state index is -4.87. The summed E-state index contributed by atoms with van der Waals surface area (Å²) in [6, 6.07) is 1.11. The Morgan fingerprint density at radius 3 is 2.76 bits per heavy atom. The van der Waals surface area contributed by atoms with Crippen molar-refractivity contribution in [2.45, 2.75) is 32.1 Å². The van der Waals surface area contributed by atoms with E-state index in [0.29, 0.717) is 18.8 Å². The SMILES string of the molecule is O=c1n(Cc2ccnc(C(F)(F)F)c2F)nc2n1CCC2. The largest absolute Gasteiger partial charge is 0.436 e. The van der Waals surface area contributed by atoms with Gasteiger partial charge in [-0.15, -0.1) is 0 Å². The van der Waals surface area contributed by atoms with Gasteiger partial charge in [-0.25, -0.2) is 18.9 Å². The van der Waals surface area contributed by atoms with Crippen LogP contribution in [-0.4, -0.2) is 19.3 Å². The number of pyridine rings is 1. The van der Waals surface area contributed by atoms with Crippen LogP contribution in [0.5, 0.6) is 0 Å². The maximum absolute atomic E-state index is 13.9. The molecule has 21 heavy (non-hydrogen) atoms. The van der Waals surface area contributed by atoms with Crippen molar-refractivity contribution < 1.29 is 17.6 Å². The number of aryl methyl sites for hydroxylation is 1. The average Bonchev–Trinajstić information content (AvgIpc) is 2.95. The Balaban J connectivity index is 1.98. The van der Waals surface area contributed by atoms with Crippen LogP contribution in [0.15, 0.2) is 17.1 Å². The molecule has 0 aromatic carbocycles. The minimum absolute atomic E-state index is 0.267. The smallest absolute Gasteiger partial charge is 0.279 e. The molecule has 112 valence electrons. The van der Waals surface area contributed by atoms with Crippen molar-refractivity contribution in [3.63, 3.8) is 0 Å². The first-order valence-corrected chi connectivity index (χ1v) is 6.25. The van der Waals surface area contributed by atoms with Crippen molar-refractivity contribution in [3.05, 3.63) is 45.6 Å². The van der Waals surface area contributed by atoms with E-state index in [1.165, 1.54) is 4.57 Å². The number of aromatic nitrogens is 4. The van der Waals surface area contributed by atoms with E-state index >= 15 is 0 Å². The highest BCUT2D eigenvalue weighted by Crippen LogP contribution is 2.30. The number of alkyl halides is 3. The second-order valence-electron chi connectivity index (χ2n) is 4.74. The van der Waals surface area contributed by atoms with Crippen LogP contribution < -0.4 is 5.69 Å². The predicted octanol–water partition coefficient (Wildman–Crippen LogP) is 1.59. The van der Waals surface area contributed by atoms with Crippen molar-refractivity contribution >= 4 is 0 Å². The fourth-order valence-corrected chi connectivity index (χ4v) is 2.36. The lowest BCUT2D eigenvalue weighted by Crippen LogP contribution is -2.25. The van der Waals surface area contributed by atoms with E-state index in [1.807, 2.05) is 0 Å². The molecular formula is C12H10F4N4O. The zero-order valence-corrected chi connectivity index (χ0v) is 10.7. The van der Waals surface area contributed by atoms with Gasteiger partial charge in [0.25, 0.3) is 0 Å². The Bertz CT molecular complexity index is 747. The van der Waals surface area contributed by atoms with Gasteiger partial charge in [-0.2, -0.15) is 18.3 Å². The maximum Gasteiger partial charge on any atom is 0.436 e. The molecule has 1 aliphatic heterocycles. The van der Waals surface area contributed by atoms with Crippen LogP contribution in [0.2, 0.25) is 0 Å². The van der Waals surface area contributed by atoms with E-state index in [2.05, 4.69) is 10.1 Å². The number of hydrogen-bond donors (Lipinski definition) is 0. The minimum Gasteiger partial charge on any atom is -0.279 e. The second kappa shape index (κ2) is 4.68. The Morgan fingerprint density at radius 1 is 1.33 bits per heavy atom. The molecule has 0 unspecified atom stereocenters. The van der Waals surface area contributed by atoms with Crippen LogP contribution in [0.1, 0.15) is 23.5 Å². The van der Waals surface area contributed by atoms with Gasteiger partial charge < -0.3 is 0 Å². The van der Waals surface area contributed by atoms with Gasteiger partial charge in [-0.1, -0.05) is 0 Å². The van der Waals surface area contributed by atoms with Gasteiger partial charge in [0, 0.05) is 24.7 Å². The fraction of sp³-hybridized carbons (Fsp3) is 0.417. The van der Waals surface area contributed by atoms with Crippen LogP contribution in [0.4, 0.5) is 17.6 Å². The molecule has 3 rings (SSSR count). The van der Waals surface area contributed by atoms with E-state index in [1.54, 1.807) is 0 Å². The molecular weight excluding hydrogens is 292 g/mol. The molecule has 0 saturated carbocycles. The summed E-state index contributed by atoms with van der Waals surface area (Å²) in [6.45, 7) is 0.178. The molecule has 0 fully saturated rings. The van der Waals surface area contributed by atoms with Crippen molar-refractivity contribution in [3.8, 4) is 0 Å². The molecule has 2 aromatic heterocycles. The van der Waals surface area contributed by atoms with Crippen molar-refractivity contribution in [2.24, 2.45) is 0 Å². The number of hydrogen-bond acceptors (Lipinski definition) is 3. The summed E-state index contributed by atoms with van der Waals surface area (Å²) in [7, 11) is 0. The third-order valence-corrected chi connectivity index (χ3v) is 3.34. The summed E-state index contributed by atoms with van der Waals surface area (Å²) in [5.74, 6) is -0.893. The number of fused-ring (bicyclic) bond motifs is 1. The first kappa shape index (κ1) is 13.8. The Morgan fingerprint density at radius 2 is 2.10 bits per heavy atom. The molecule has 9 heteroatoms. The van der Waals surface area contributed by atoms with E-state index in [9.17, 15) is 22.4 Å². The molecule has 3 heterocycles. The van der Waals surface area contributed by atoms with Gasteiger partial charge in [-0.3, -0.25) is 4.57 Å². The van der Waals surface area contributed by atoms with Crippen molar-refractivity contribution in [2.75, 3.05) is 0 Å². The van der Waals surface area contributed by atoms with Crippen LogP contribution in [-0.2, 0) is 25.7 Å². The standard InChI is InChI=1S/C12H10F4N4O/c13-9-7(3-4-17-10(9)12(14,15)16)6-20-11(21)19-5-1-2-8(19)18-20/h3-4H,1-2,5-6H2. The van der Waals surface area contributed by atoms with Crippen LogP contribution in [0.3, 0.4) is 0 Å². The molecule has 0 amide bonds. The van der Waals surface area contributed by atoms with Gasteiger partial charge in [-0.05, 0) is 12.5 Å². The zero-order chi connectivity index (χ0) is 15.2. The summed E-state index contributed by atoms with van der Waals surface area (Å²) in [5.41, 5.74) is -2.29.